The molecule has 1 heterocycles. The van der Waals surface area contributed by atoms with E-state index in [1.54, 1.807) is 31.4 Å². The van der Waals surface area contributed by atoms with Gasteiger partial charge in [0.25, 0.3) is 5.89 Å². The van der Waals surface area contributed by atoms with Crippen LogP contribution in [0, 0.1) is 0 Å². The van der Waals surface area contributed by atoms with E-state index in [0.717, 1.165) is 10.0 Å². The summed E-state index contributed by atoms with van der Waals surface area (Å²) in [4.78, 5) is 4.35. The Morgan fingerprint density at radius 3 is 2.81 bits per heavy atom. The number of aromatic hydroxyl groups is 1. The number of ether oxygens (including phenoxy) is 1. The lowest BCUT2D eigenvalue weighted by Crippen LogP contribution is -1.86. The van der Waals surface area contributed by atoms with Crippen molar-refractivity contribution in [2.75, 3.05) is 7.11 Å². The number of benzene rings is 2. The van der Waals surface area contributed by atoms with Gasteiger partial charge in [-0.1, -0.05) is 17.3 Å². The highest BCUT2D eigenvalue weighted by Gasteiger charge is 2.14. The summed E-state index contributed by atoms with van der Waals surface area (Å²) >= 11 is 3.45. The van der Waals surface area contributed by atoms with Gasteiger partial charge in [-0.2, -0.15) is 4.98 Å². The Morgan fingerprint density at radius 1 is 1.19 bits per heavy atom. The minimum atomic E-state index is 0.154. The van der Waals surface area contributed by atoms with Gasteiger partial charge in [0.15, 0.2) is 0 Å². The molecule has 0 aliphatic rings. The zero-order valence-electron chi connectivity index (χ0n) is 11.1. The van der Waals surface area contributed by atoms with Crippen molar-refractivity contribution in [3.8, 4) is 34.3 Å². The molecule has 0 saturated heterocycles. The van der Waals surface area contributed by atoms with E-state index in [9.17, 15) is 5.11 Å². The van der Waals surface area contributed by atoms with Crippen LogP contribution in [0.2, 0.25) is 0 Å². The van der Waals surface area contributed by atoms with Gasteiger partial charge in [-0.3, -0.25) is 0 Å². The molecule has 106 valence electrons. The lowest BCUT2D eigenvalue weighted by Gasteiger charge is -2.03. The summed E-state index contributed by atoms with van der Waals surface area (Å²) in [6, 6.07) is 12.2. The molecule has 0 spiro atoms. The molecule has 0 aliphatic carbocycles. The number of nitrogens with zero attached hydrogens (tertiary/aromatic N) is 2. The van der Waals surface area contributed by atoms with Crippen molar-refractivity contribution in [2.24, 2.45) is 0 Å². The molecular formula is C15H11BrN2O3. The van der Waals surface area contributed by atoms with E-state index in [2.05, 4.69) is 26.1 Å². The molecule has 1 N–H and O–H groups in total. The maximum atomic E-state index is 9.50. The van der Waals surface area contributed by atoms with Crippen molar-refractivity contribution in [1.82, 2.24) is 10.1 Å². The van der Waals surface area contributed by atoms with Gasteiger partial charge >= 0.3 is 0 Å². The molecule has 21 heavy (non-hydrogen) atoms. The summed E-state index contributed by atoms with van der Waals surface area (Å²) in [5, 5.41) is 13.4. The Balaban J connectivity index is 2.02. The number of hydrogen-bond donors (Lipinski definition) is 1. The van der Waals surface area contributed by atoms with Gasteiger partial charge in [0.2, 0.25) is 5.82 Å². The second kappa shape index (κ2) is 5.57. The number of aromatic nitrogens is 2. The van der Waals surface area contributed by atoms with Crippen LogP contribution in [0.25, 0.3) is 22.8 Å². The Bertz CT molecular complexity index is 786. The average molecular weight is 347 g/mol. The molecule has 0 amide bonds. The SMILES string of the molecule is COc1ccc(Br)c(-c2nc(-c3cccc(O)c3)no2)c1. The summed E-state index contributed by atoms with van der Waals surface area (Å²) in [6.45, 7) is 0. The van der Waals surface area contributed by atoms with Crippen molar-refractivity contribution in [3.05, 3.63) is 46.9 Å². The van der Waals surface area contributed by atoms with E-state index >= 15 is 0 Å². The number of phenols is 1. The van der Waals surface area contributed by atoms with Crippen molar-refractivity contribution < 1.29 is 14.4 Å². The third-order valence-electron chi connectivity index (χ3n) is 2.93. The zero-order valence-corrected chi connectivity index (χ0v) is 12.7. The van der Waals surface area contributed by atoms with Gasteiger partial charge in [0.1, 0.15) is 11.5 Å². The third-order valence-corrected chi connectivity index (χ3v) is 3.63. The number of rotatable bonds is 3. The Hall–Kier alpha value is -2.34. The molecule has 5 nitrogen and oxygen atoms in total. The molecule has 6 heteroatoms. The van der Waals surface area contributed by atoms with Crippen LogP contribution >= 0.6 is 15.9 Å². The van der Waals surface area contributed by atoms with Crippen LogP contribution in [0.15, 0.2) is 51.5 Å². The number of phenolic OH excluding ortho intramolecular Hbond substituents is 1. The van der Waals surface area contributed by atoms with Crippen LogP contribution in [0.1, 0.15) is 0 Å². The Morgan fingerprint density at radius 2 is 2.05 bits per heavy atom. The molecule has 0 fully saturated rings. The summed E-state index contributed by atoms with van der Waals surface area (Å²) in [5.41, 5.74) is 1.43. The van der Waals surface area contributed by atoms with Crippen molar-refractivity contribution in [2.45, 2.75) is 0 Å². The van der Waals surface area contributed by atoms with Crippen LogP contribution in [0.5, 0.6) is 11.5 Å². The summed E-state index contributed by atoms with van der Waals surface area (Å²) in [7, 11) is 1.60. The predicted molar refractivity (Wildman–Crippen MR) is 81.1 cm³/mol. The first-order chi connectivity index (χ1) is 10.2. The van der Waals surface area contributed by atoms with Crippen molar-refractivity contribution in [3.63, 3.8) is 0 Å². The van der Waals surface area contributed by atoms with Gasteiger partial charge in [-0.05, 0) is 46.3 Å². The van der Waals surface area contributed by atoms with E-state index in [1.165, 1.54) is 0 Å². The minimum Gasteiger partial charge on any atom is -0.508 e. The molecule has 0 aliphatic heterocycles. The number of methoxy groups -OCH3 is 1. The summed E-state index contributed by atoms with van der Waals surface area (Å²) in [6.07, 6.45) is 0. The fourth-order valence-electron chi connectivity index (χ4n) is 1.89. The van der Waals surface area contributed by atoms with Crippen LogP contribution < -0.4 is 4.74 Å². The van der Waals surface area contributed by atoms with Crippen LogP contribution in [0.4, 0.5) is 0 Å². The smallest absolute Gasteiger partial charge is 0.259 e. The van der Waals surface area contributed by atoms with Crippen LogP contribution in [0.3, 0.4) is 0 Å². The first kappa shape index (κ1) is 13.6. The van der Waals surface area contributed by atoms with Crippen molar-refractivity contribution >= 4 is 15.9 Å². The normalized spacial score (nSPS) is 10.6. The highest BCUT2D eigenvalue weighted by molar-refractivity contribution is 9.10. The molecule has 0 radical (unpaired) electrons. The molecule has 0 saturated carbocycles. The minimum absolute atomic E-state index is 0.154. The number of halogens is 1. The fourth-order valence-corrected chi connectivity index (χ4v) is 2.31. The molecule has 0 unspecified atom stereocenters. The molecule has 0 atom stereocenters. The maximum absolute atomic E-state index is 9.50. The third kappa shape index (κ3) is 2.75. The van der Waals surface area contributed by atoms with Gasteiger partial charge < -0.3 is 14.4 Å². The topological polar surface area (TPSA) is 68.4 Å². The summed E-state index contributed by atoms with van der Waals surface area (Å²) < 4.78 is 11.3. The quantitative estimate of drug-likeness (QED) is 0.779. The van der Waals surface area contributed by atoms with Gasteiger partial charge in [0, 0.05) is 10.0 Å². The lowest BCUT2D eigenvalue weighted by molar-refractivity contribution is 0.413. The standard InChI is InChI=1S/C15H11BrN2O3/c1-20-11-5-6-13(16)12(8-11)15-17-14(18-21-15)9-3-2-4-10(19)7-9/h2-8,19H,1H3. The van der Waals surface area contributed by atoms with Gasteiger partial charge in [-0.15, -0.1) is 0 Å². The Labute approximate surface area is 129 Å². The lowest BCUT2D eigenvalue weighted by atomic mass is 10.2. The molecular weight excluding hydrogens is 336 g/mol. The van der Waals surface area contributed by atoms with Gasteiger partial charge in [-0.25, -0.2) is 0 Å². The van der Waals surface area contributed by atoms with Crippen LogP contribution in [-0.2, 0) is 0 Å². The first-order valence-corrected chi connectivity index (χ1v) is 6.93. The second-order valence-electron chi connectivity index (χ2n) is 4.32. The zero-order chi connectivity index (χ0) is 14.8. The second-order valence-corrected chi connectivity index (χ2v) is 5.17. The molecule has 3 aromatic rings. The average Bonchev–Trinajstić information content (AvgIpc) is 2.97. The highest BCUT2D eigenvalue weighted by atomic mass is 79.9. The maximum Gasteiger partial charge on any atom is 0.259 e. The molecule has 1 aromatic heterocycles. The fraction of sp³-hybridized carbons (Fsp3) is 0.0667. The monoisotopic (exact) mass is 346 g/mol. The van der Waals surface area contributed by atoms with E-state index in [1.807, 2.05) is 18.2 Å². The van der Waals surface area contributed by atoms with E-state index in [-0.39, 0.29) is 5.75 Å². The van der Waals surface area contributed by atoms with Crippen LogP contribution in [-0.4, -0.2) is 22.4 Å². The first-order valence-electron chi connectivity index (χ1n) is 6.14. The molecule has 2 aromatic carbocycles. The van der Waals surface area contributed by atoms with Gasteiger partial charge in [0.05, 0.1) is 12.7 Å². The molecule has 3 rings (SSSR count). The highest BCUT2D eigenvalue weighted by Crippen LogP contribution is 2.32. The van der Waals surface area contributed by atoms with Crippen molar-refractivity contribution in [1.29, 1.82) is 0 Å². The van der Waals surface area contributed by atoms with E-state index in [4.69, 9.17) is 9.26 Å². The number of hydrogen-bond acceptors (Lipinski definition) is 5. The van der Waals surface area contributed by atoms with E-state index < -0.39 is 0 Å². The summed E-state index contributed by atoms with van der Waals surface area (Å²) in [5.74, 6) is 1.64. The molecule has 0 bridgehead atoms. The predicted octanol–water partition coefficient (Wildman–Crippen LogP) is 3.88. The Kier molecular flexibility index (Phi) is 3.62. The van der Waals surface area contributed by atoms with E-state index in [0.29, 0.717) is 23.0 Å². The largest absolute Gasteiger partial charge is 0.508 e.